The van der Waals surface area contributed by atoms with Crippen LogP contribution in [0.25, 0.3) is 0 Å². The number of hydrogen-bond acceptors (Lipinski definition) is 4. The van der Waals surface area contributed by atoms with Crippen molar-refractivity contribution in [3.63, 3.8) is 0 Å². The second-order valence-electron chi connectivity index (χ2n) is 6.83. The van der Waals surface area contributed by atoms with E-state index in [1.54, 1.807) is 21.1 Å². The van der Waals surface area contributed by atoms with Gasteiger partial charge in [0.1, 0.15) is 0 Å². The molecule has 2 aliphatic heterocycles. The highest BCUT2D eigenvalue weighted by molar-refractivity contribution is 5.73. The Balaban J connectivity index is 1.83. The van der Waals surface area contributed by atoms with E-state index in [0.29, 0.717) is 12.1 Å². The molecule has 0 bridgehead atoms. The highest BCUT2D eigenvalue weighted by Crippen LogP contribution is 2.39. The van der Waals surface area contributed by atoms with Crippen molar-refractivity contribution in [2.75, 3.05) is 33.9 Å². The molecule has 5 nitrogen and oxygen atoms in total. The monoisotopic (exact) mass is 332 g/mol. The van der Waals surface area contributed by atoms with E-state index < -0.39 is 0 Å². The standard InChI is InChI=1S/C19H28N2O3/c1-13-17-11-19(24-4)18(23-3)10-15(17)7-9-21(13)16-6-5-8-20(12-16)14(2)22/h10-11,13,16H,5-9,12H2,1-4H3/t13-,16+/m0/s1. The summed E-state index contributed by atoms with van der Waals surface area (Å²) in [6, 6.07) is 5.01. The number of likely N-dealkylation sites (tertiary alicyclic amines) is 1. The lowest BCUT2D eigenvalue weighted by atomic mass is 9.90. The van der Waals surface area contributed by atoms with Crippen LogP contribution < -0.4 is 9.47 Å². The molecule has 1 fully saturated rings. The SMILES string of the molecule is COc1cc2c(cc1OC)[C@H](C)N([C@@H]1CCCN(C(C)=O)C1)CC2. The summed E-state index contributed by atoms with van der Waals surface area (Å²) in [4.78, 5) is 16.3. The number of nitrogens with zero attached hydrogens (tertiary/aromatic N) is 2. The number of carbonyl (C=O) groups excluding carboxylic acids is 1. The van der Waals surface area contributed by atoms with Crippen molar-refractivity contribution in [3.05, 3.63) is 23.3 Å². The molecule has 0 saturated carbocycles. The molecular weight excluding hydrogens is 304 g/mol. The van der Waals surface area contributed by atoms with Crippen molar-refractivity contribution in [2.24, 2.45) is 0 Å². The van der Waals surface area contributed by atoms with Gasteiger partial charge in [-0.1, -0.05) is 0 Å². The number of ether oxygens (including phenoxy) is 2. The van der Waals surface area contributed by atoms with Crippen molar-refractivity contribution < 1.29 is 14.3 Å². The molecule has 24 heavy (non-hydrogen) atoms. The molecule has 0 radical (unpaired) electrons. The fourth-order valence-electron chi connectivity index (χ4n) is 4.17. The van der Waals surface area contributed by atoms with Crippen LogP contribution in [0.5, 0.6) is 11.5 Å². The van der Waals surface area contributed by atoms with E-state index in [2.05, 4.69) is 24.0 Å². The fourth-order valence-corrected chi connectivity index (χ4v) is 4.17. The van der Waals surface area contributed by atoms with Gasteiger partial charge < -0.3 is 14.4 Å². The Morgan fingerprint density at radius 2 is 1.88 bits per heavy atom. The van der Waals surface area contributed by atoms with Crippen LogP contribution in [-0.4, -0.2) is 55.6 Å². The van der Waals surface area contributed by atoms with E-state index in [0.717, 1.165) is 50.4 Å². The molecule has 1 saturated heterocycles. The molecule has 0 aliphatic carbocycles. The average Bonchev–Trinajstić information content (AvgIpc) is 2.61. The van der Waals surface area contributed by atoms with Gasteiger partial charge in [-0.15, -0.1) is 0 Å². The minimum Gasteiger partial charge on any atom is -0.493 e. The number of methoxy groups -OCH3 is 2. The minimum absolute atomic E-state index is 0.191. The zero-order valence-electron chi connectivity index (χ0n) is 15.2. The van der Waals surface area contributed by atoms with Crippen LogP contribution in [0.4, 0.5) is 0 Å². The van der Waals surface area contributed by atoms with Gasteiger partial charge in [-0.2, -0.15) is 0 Å². The molecule has 0 unspecified atom stereocenters. The van der Waals surface area contributed by atoms with E-state index in [1.165, 1.54) is 11.1 Å². The topological polar surface area (TPSA) is 42.0 Å². The first-order valence-corrected chi connectivity index (χ1v) is 8.81. The van der Waals surface area contributed by atoms with Crippen molar-refractivity contribution in [1.29, 1.82) is 0 Å². The molecule has 0 aromatic heterocycles. The van der Waals surface area contributed by atoms with E-state index >= 15 is 0 Å². The summed E-state index contributed by atoms with van der Waals surface area (Å²) in [6.07, 6.45) is 3.26. The lowest BCUT2D eigenvalue weighted by Crippen LogP contribution is -2.51. The largest absolute Gasteiger partial charge is 0.493 e. The van der Waals surface area contributed by atoms with Gasteiger partial charge in [-0.25, -0.2) is 0 Å². The predicted molar refractivity (Wildman–Crippen MR) is 93.6 cm³/mol. The second kappa shape index (κ2) is 7.01. The smallest absolute Gasteiger partial charge is 0.219 e. The molecule has 1 aromatic carbocycles. The molecule has 2 aliphatic rings. The number of piperidine rings is 1. The number of hydrogen-bond donors (Lipinski definition) is 0. The summed E-state index contributed by atoms with van der Waals surface area (Å²) in [7, 11) is 3.36. The quantitative estimate of drug-likeness (QED) is 0.853. The summed E-state index contributed by atoms with van der Waals surface area (Å²) in [5.41, 5.74) is 2.66. The third-order valence-corrected chi connectivity index (χ3v) is 5.54. The van der Waals surface area contributed by atoms with Crippen LogP contribution in [0.2, 0.25) is 0 Å². The Morgan fingerprint density at radius 3 is 2.54 bits per heavy atom. The zero-order valence-corrected chi connectivity index (χ0v) is 15.2. The lowest BCUT2D eigenvalue weighted by Gasteiger charge is -2.44. The van der Waals surface area contributed by atoms with Crippen LogP contribution in [0.3, 0.4) is 0 Å². The highest BCUT2D eigenvalue weighted by Gasteiger charge is 2.33. The van der Waals surface area contributed by atoms with Gasteiger partial charge in [0.2, 0.25) is 5.91 Å². The Labute approximate surface area is 144 Å². The van der Waals surface area contributed by atoms with Gasteiger partial charge in [0.15, 0.2) is 11.5 Å². The summed E-state index contributed by atoms with van der Waals surface area (Å²) in [5.74, 6) is 1.78. The maximum absolute atomic E-state index is 11.7. The first-order valence-electron chi connectivity index (χ1n) is 8.81. The molecule has 2 heterocycles. The molecular formula is C19H28N2O3. The number of fused-ring (bicyclic) bond motifs is 1. The Morgan fingerprint density at radius 1 is 1.17 bits per heavy atom. The van der Waals surface area contributed by atoms with E-state index in [9.17, 15) is 4.79 Å². The molecule has 0 N–H and O–H groups in total. The Bertz CT molecular complexity index is 617. The molecule has 5 heteroatoms. The average molecular weight is 332 g/mol. The normalized spacial score (nSPS) is 24.4. The Hall–Kier alpha value is -1.75. The van der Waals surface area contributed by atoms with E-state index in [4.69, 9.17) is 9.47 Å². The van der Waals surface area contributed by atoms with E-state index in [1.807, 2.05) is 4.90 Å². The van der Waals surface area contributed by atoms with Crippen LogP contribution in [0, 0.1) is 0 Å². The van der Waals surface area contributed by atoms with E-state index in [-0.39, 0.29) is 5.91 Å². The summed E-state index contributed by atoms with van der Waals surface area (Å²) < 4.78 is 10.9. The van der Waals surface area contributed by atoms with Gasteiger partial charge >= 0.3 is 0 Å². The number of rotatable bonds is 3. The van der Waals surface area contributed by atoms with Crippen molar-refractivity contribution in [3.8, 4) is 11.5 Å². The minimum atomic E-state index is 0.191. The first-order chi connectivity index (χ1) is 11.5. The lowest BCUT2D eigenvalue weighted by molar-refractivity contribution is -0.131. The van der Waals surface area contributed by atoms with Crippen LogP contribution in [-0.2, 0) is 11.2 Å². The van der Waals surface area contributed by atoms with Gasteiger partial charge in [-0.3, -0.25) is 9.69 Å². The van der Waals surface area contributed by atoms with Crippen molar-refractivity contribution in [2.45, 2.75) is 45.2 Å². The summed E-state index contributed by atoms with van der Waals surface area (Å²) in [5, 5.41) is 0. The molecule has 1 amide bonds. The predicted octanol–water partition coefficient (Wildman–Crippen LogP) is 2.63. The van der Waals surface area contributed by atoms with Crippen LogP contribution in [0.1, 0.15) is 43.9 Å². The van der Waals surface area contributed by atoms with Gasteiger partial charge in [0.05, 0.1) is 14.2 Å². The number of benzene rings is 1. The maximum atomic E-state index is 11.7. The molecule has 1 aromatic rings. The number of amides is 1. The third-order valence-electron chi connectivity index (χ3n) is 5.54. The molecule has 0 spiro atoms. The van der Waals surface area contributed by atoms with Gasteiger partial charge in [0, 0.05) is 38.6 Å². The van der Waals surface area contributed by atoms with Crippen molar-refractivity contribution in [1.82, 2.24) is 9.80 Å². The van der Waals surface area contributed by atoms with Crippen LogP contribution >= 0.6 is 0 Å². The van der Waals surface area contributed by atoms with Gasteiger partial charge in [0.25, 0.3) is 0 Å². The Kier molecular flexibility index (Phi) is 4.99. The molecule has 3 rings (SSSR count). The molecule has 132 valence electrons. The zero-order chi connectivity index (χ0) is 17.3. The fraction of sp³-hybridized carbons (Fsp3) is 0.632. The second-order valence-corrected chi connectivity index (χ2v) is 6.83. The van der Waals surface area contributed by atoms with Crippen molar-refractivity contribution >= 4 is 5.91 Å². The number of carbonyl (C=O) groups is 1. The highest BCUT2D eigenvalue weighted by atomic mass is 16.5. The maximum Gasteiger partial charge on any atom is 0.219 e. The van der Waals surface area contributed by atoms with Crippen LogP contribution in [0.15, 0.2) is 12.1 Å². The van der Waals surface area contributed by atoms with Gasteiger partial charge in [-0.05, 0) is 49.4 Å². The third kappa shape index (κ3) is 3.09. The molecule has 2 atom stereocenters. The summed E-state index contributed by atoms with van der Waals surface area (Å²) in [6.45, 7) is 6.71. The first kappa shape index (κ1) is 17.1. The summed E-state index contributed by atoms with van der Waals surface area (Å²) >= 11 is 0.